The van der Waals surface area contributed by atoms with E-state index in [0.717, 1.165) is 11.4 Å². The van der Waals surface area contributed by atoms with E-state index in [-0.39, 0.29) is 31.0 Å². The van der Waals surface area contributed by atoms with Crippen LogP contribution < -0.4 is 20.3 Å². The Balaban J connectivity index is 1.94. The third-order valence-electron chi connectivity index (χ3n) is 3.77. The Hall–Kier alpha value is -2.28. The number of aliphatic hydroxyl groups is 1. The highest BCUT2D eigenvalue weighted by Crippen LogP contribution is 2.24. The summed E-state index contributed by atoms with van der Waals surface area (Å²) < 4.78 is 5.39. The maximum Gasteiger partial charge on any atom is 0.315 e. The van der Waals surface area contributed by atoms with Crippen LogP contribution in [0.5, 0.6) is 5.75 Å². The second-order valence-corrected chi connectivity index (χ2v) is 6.47. The highest BCUT2D eigenvalue weighted by Gasteiger charge is 2.32. The molecule has 0 bridgehead atoms. The molecule has 1 aliphatic rings. The molecule has 7 heteroatoms. The molecule has 1 saturated heterocycles. The molecule has 7 nitrogen and oxygen atoms in total. The van der Waals surface area contributed by atoms with Gasteiger partial charge in [0.05, 0.1) is 24.8 Å². The summed E-state index contributed by atoms with van der Waals surface area (Å²) in [7, 11) is 0. The number of hydrogen-bond donors (Lipinski definition) is 3. The van der Waals surface area contributed by atoms with Crippen molar-refractivity contribution in [1.82, 2.24) is 10.6 Å². The quantitative estimate of drug-likeness (QED) is 0.730. The van der Waals surface area contributed by atoms with Gasteiger partial charge in [-0.25, -0.2) is 4.79 Å². The molecular formula is C17H25N3O4. The zero-order valence-electron chi connectivity index (χ0n) is 14.3. The number of carbonyl (C=O) groups excluding carboxylic acids is 2. The molecule has 1 aliphatic heterocycles. The minimum atomic E-state index is -0.707. The number of nitrogens with zero attached hydrogens (tertiary/aromatic N) is 1. The first-order valence-corrected chi connectivity index (χ1v) is 8.07. The van der Waals surface area contributed by atoms with Crippen molar-refractivity contribution in [3.8, 4) is 5.75 Å². The summed E-state index contributed by atoms with van der Waals surface area (Å²) in [6.07, 6.45) is 0.250. The minimum Gasteiger partial charge on any atom is -0.494 e. The lowest BCUT2D eigenvalue weighted by atomic mass is 10.1. The van der Waals surface area contributed by atoms with E-state index in [2.05, 4.69) is 10.6 Å². The lowest BCUT2D eigenvalue weighted by Crippen LogP contribution is -2.53. The Morgan fingerprint density at radius 3 is 2.62 bits per heavy atom. The van der Waals surface area contributed by atoms with Crippen LogP contribution >= 0.6 is 0 Å². The van der Waals surface area contributed by atoms with Crippen molar-refractivity contribution in [1.29, 1.82) is 0 Å². The largest absolute Gasteiger partial charge is 0.494 e. The Bertz CT molecular complexity index is 586. The van der Waals surface area contributed by atoms with Crippen LogP contribution in [0.25, 0.3) is 0 Å². The molecule has 132 valence electrons. The number of anilines is 1. The lowest BCUT2D eigenvalue weighted by Gasteiger charge is -2.25. The van der Waals surface area contributed by atoms with Gasteiger partial charge in [0.25, 0.3) is 0 Å². The monoisotopic (exact) mass is 335 g/mol. The Kier molecular flexibility index (Phi) is 5.66. The fourth-order valence-corrected chi connectivity index (χ4v) is 2.51. The molecule has 1 fully saturated rings. The van der Waals surface area contributed by atoms with Crippen LogP contribution in [0.15, 0.2) is 24.3 Å². The van der Waals surface area contributed by atoms with Crippen LogP contribution in [0.3, 0.4) is 0 Å². The first kappa shape index (κ1) is 18.1. The maximum atomic E-state index is 12.2. The van der Waals surface area contributed by atoms with Gasteiger partial charge in [0.15, 0.2) is 0 Å². The molecule has 24 heavy (non-hydrogen) atoms. The van der Waals surface area contributed by atoms with Gasteiger partial charge in [0.2, 0.25) is 5.91 Å². The fourth-order valence-electron chi connectivity index (χ4n) is 2.51. The molecule has 3 amide bonds. The number of nitrogens with one attached hydrogen (secondary N) is 2. The SMILES string of the molecule is CCOc1ccc(N2CC(NC(=O)NC(C)(C)CO)CC2=O)cc1. The summed E-state index contributed by atoms with van der Waals surface area (Å²) >= 11 is 0. The van der Waals surface area contributed by atoms with Crippen molar-refractivity contribution in [3.63, 3.8) is 0 Å². The second-order valence-electron chi connectivity index (χ2n) is 6.47. The number of benzene rings is 1. The normalized spacial score (nSPS) is 17.8. The molecule has 1 aromatic carbocycles. The number of amides is 3. The van der Waals surface area contributed by atoms with Crippen molar-refractivity contribution in [2.24, 2.45) is 0 Å². The van der Waals surface area contributed by atoms with Gasteiger partial charge in [-0.05, 0) is 45.0 Å². The summed E-state index contributed by atoms with van der Waals surface area (Å²) in [6.45, 7) is 6.20. The smallest absolute Gasteiger partial charge is 0.315 e. The summed E-state index contributed by atoms with van der Waals surface area (Å²) in [5.41, 5.74) is 0.0745. The number of rotatable bonds is 6. The topological polar surface area (TPSA) is 90.9 Å². The summed E-state index contributed by atoms with van der Waals surface area (Å²) in [6, 6.07) is 6.66. The number of carbonyl (C=O) groups is 2. The van der Waals surface area contributed by atoms with Gasteiger partial charge in [-0.1, -0.05) is 0 Å². The van der Waals surface area contributed by atoms with Gasteiger partial charge in [-0.3, -0.25) is 4.79 Å². The van der Waals surface area contributed by atoms with E-state index in [0.29, 0.717) is 13.2 Å². The molecule has 0 saturated carbocycles. The Morgan fingerprint density at radius 2 is 2.04 bits per heavy atom. The predicted molar refractivity (Wildman–Crippen MR) is 91.2 cm³/mol. The molecule has 2 rings (SSSR count). The molecule has 0 spiro atoms. The first-order chi connectivity index (χ1) is 11.3. The van der Waals surface area contributed by atoms with Crippen LogP contribution in [0.2, 0.25) is 0 Å². The average molecular weight is 335 g/mol. The third-order valence-corrected chi connectivity index (χ3v) is 3.77. The standard InChI is InChI=1S/C17H25N3O4/c1-4-24-14-7-5-13(6-8-14)20-10-12(9-15(20)22)18-16(23)19-17(2,3)11-21/h5-8,12,21H,4,9-11H2,1-3H3,(H2,18,19,23). The van der Waals surface area contributed by atoms with Crippen molar-refractivity contribution < 1.29 is 19.4 Å². The van der Waals surface area contributed by atoms with E-state index in [4.69, 9.17) is 4.74 Å². The van der Waals surface area contributed by atoms with Crippen molar-refractivity contribution in [2.45, 2.75) is 38.8 Å². The molecule has 0 aromatic heterocycles. The van der Waals surface area contributed by atoms with E-state index in [1.54, 1.807) is 18.7 Å². The molecule has 1 heterocycles. The van der Waals surface area contributed by atoms with E-state index < -0.39 is 5.54 Å². The van der Waals surface area contributed by atoms with E-state index in [1.807, 2.05) is 31.2 Å². The molecular weight excluding hydrogens is 310 g/mol. The number of ether oxygens (including phenoxy) is 1. The van der Waals surface area contributed by atoms with Gasteiger partial charge in [0.1, 0.15) is 5.75 Å². The fraction of sp³-hybridized carbons (Fsp3) is 0.529. The maximum absolute atomic E-state index is 12.2. The first-order valence-electron chi connectivity index (χ1n) is 8.07. The molecule has 1 aromatic rings. The highest BCUT2D eigenvalue weighted by atomic mass is 16.5. The van der Waals surface area contributed by atoms with E-state index in [9.17, 15) is 14.7 Å². The zero-order chi connectivity index (χ0) is 17.7. The van der Waals surface area contributed by atoms with Gasteiger partial charge >= 0.3 is 6.03 Å². The summed E-state index contributed by atoms with van der Waals surface area (Å²) in [4.78, 5) is 25.8. The van der Waals surface area contributed by atoms with Crippen molar-refractivity contribution in [3.05, 3.63) is 24.3 Å². The number of hydrogen-bond acceptors (Lipinski definition) is 4. The van der Waals surface area contributed by atoms with Gasteiger partial charge < -0.3 is 25.4 Å². The Labute approximate surface area is 142 Å². The second kappa shape index (κ2) is 7.53. The summed E-state index contributed by atoms with van der Waals surface area (Å²) in [5, 5.41) is 14.6. The molecule has 1 unspecified atom stereocenters. The predicted octanol–water partition coefficient (Wildman–Crippen LogP) is 1.26. The van der Waals surface area contributed by atoms with Crippen molar-refractivity contribution >= 4 is 17.6 Å². The average Bonchev–Trinajstić information content (AvgIpc) is 2.88. The van der Waals surface area contributed by atoms with Gasteiger partial charge in [0, 0.05) is 18.7 Å². The van der Waals surface area contributed by atoms with Gasteiger partial charge in [-0.2, -0.15) is 0 Å². The van der Waals surface area contributed by atoms with Gasteiger partial charge in [-0.15, -0.1) is 0 Å². The number of aliphatic hydroxyl groups excluding tert-OH is 1. The van der Waals surface area contributed by atoms with Crippen LogP contribution in [0.4, 0.5) is 10.5 Å². The lowest BCUT2D eigenvalue weighted by molar-refractivity contribution is -0.117. The Morgan fingerprint density at radius 1 is 1.38 bits per heavy atom. The van der Waals surface area contributed by atoms with E-state index >= 15 is 0 Å². The van der Waals surface area contributed by atoms with Crippen molar-refractivity contribution in [2.75, 3.05) is 24.7 Å². The molecule has 1 atom stereocenters. The van der Waals surface area contributed by atoms with Crippen LogP contribution in [0.1, 0.15) is 27.2 Å². The third kappa shape index (κ3) is 4.61. The number of urea groups is 1. The van der Waals surface area contributed by atoms with E-state index in [1.165, 1.54) is 0 Å². The highest BCUT2D eigenvalue weighted by molar-refractivity contribution is 5.96. The molecule has 3 N–H and O–H groups in total. The van der Waals surface area contributed by atoms with Crippen LogP contribution in [-0.4, -0.2) is 48.4 Å². The molecule has 0 radical (unpaired) electrons. The molecule has 0 aliphatic carbocycles. The van der Waals surface area contributed by atoms with Crippen LogP contribution in [-0.2, 0) is 4.79 Å². The van der Waals surface area contributed by atoms with Crippen LogP contribution in [0, 0.1) is 0 Å². The summed E-state index contributed by atoms with van der Waals surface area (Å²) in [5.74, 6) is 0.721. The zero-order valence-corrected chi connectivity index (χ0v) is 14.3. The minimum absolute atomic E-state index is 0.0362.